The molecule has 0 radical (unpaired) electrons. The maximum Gasteiger partial charge on any atom is 0.257 e. The number of amides is 1. The second kappa shape index (κ2) is 10.7. The van der Waals surface area contributed by atoms with Crippen LogP contribution in [-0.2, 0) is 10.9 Å². The number of nitrogens with zero attached hydrogens (tertiary/aromatic N) is 4. The van der Waals surface area contributed by atoms with E-state index < -0.39 is 10.9 Å². The maximum atomic E-state index is 13.1. The summed E-state index contributed by atoms with van der Waals surface area (Å²) in [6.07, 6.45) is 5.43. The minimum absolute atomic E-state index is 0.0355. The van der Waals surface area contributed by atoms with Crippen molar-refractivity contribution in [2.75, 3.05) is 49.3 Å². The number of carbonyl (C=O) groups is 1. The predicted molar refractivity (Wildman–Crippen MR) is 135 cm³/mol. The first-order valence-electron chi connectivity index (χ1n) is 11.4. The molecular formula is C22H30ClN7O3S. The van der Waals surface area contributed by atoms with Crippen LogP contribution >= 0.6 is 11.6 Å². The van der Waals surface area contributed by atoms with Crippen LogP contribution in [0.5, 0.6) is 0 Å². The minimum atomic E-state index is -2.63. The number of thiol groups is 1. The molecule has 34 heavy (non-hydrogen) atoms. The molecule has 4 rings (SSSR count). The second-order valence-corrected chi connectivity index (χ2v) is 10.0. The van der Waals surface area contributed by atoms with Crippen molar-refractivity contribution in [2.24, 2.45) is 5.92 Å². The Morgan fingerprint density at radius 3 is 2.71 bits per heavy atom. The number of aromatic nitrogens is 2. The third-order valence-electron chi connectivity index (χ3n) is 6.49. The van der Waals surface area contributed by atoms with Crippen molar-refractivity contribution in [3.63, 3.8) is 0 Å². The van der Waals surface area contributed by atoms with Gasteiger partial charge in [-0.1, -0.05) is 30.5 Å². The lowest BCUT2D eigenvalue weighted by molar-refractivity contribution is 0.0806. The van der Waals surface area contributed by atoms with Crippen LogP contribution in [0.15, 0.2) is 24.4 Å². The van der Waals surface area contributed by atoms with Gasteiger partial charge in [0.15, 0.2) is 5.82 Å². The van der Waals surface area contributed by atoms with Crippen LogP contribution in [0, 0.1) is 5.92 Å². The van der Waals surface area contributed by atoms with Gasteiger partial charge in [0.1, 0.15) is 5.02 Å². The number of carbonyl (C=O) groups excluding carboxylic acids is 1. The first-order chi connectivity index (χ1) is 16.3. The Labute approximate surface area is 206 Å². The molecule has 2 atom stereocenters. The molecule has 0 bridgehead atoms. The van der Waals surface area contributed by atoms with Gasteiger partial charge < -0.3 is 20.4 Å². The normalized spacial score (nSPS) is 20.8. The Bertz CT molecular complexity index is 1120. The SMILES string of the molecule is CN1CCN(C)c2cccc(Nc3ncc(Cl)c(N[C@@H]4CCCC[C@@H]4CN[SH](=O)=O)n3)c2C1=O. The number of nitrogens with one attached hydrogen (secondary N) is 3. The van der Waals surface area contributed by atoms with Crippen molar-refractivity contribution < 1.29 is 13.2 Å². The average Bonchev–Trinajstić information content (AvgIpc) is 2.93. The van der Waals surface area contributed by atoms with Crippen molar-refractivity contribution in [3.05, 3.63) is 35.0 Å². The molecule has 1 aromatic heterocycles. The van der Waals surface area contributed by atoms with E-state index in [1.165, 1.54) is 6.20 Å². The van der Waals surface area contributed by atoms with E-state index in [4.69, 9.17) is 11.6 Å². The first kappa shape index (κ1) is 24.5. The Hall–Kier alpha value is -2.63. The van der Waals surface area contributed by atoms with Crippen LogP contribution in [-0.4, -0.2) is 69.0 Å². The highest BCUT2D eigenvalue weighted by Crippen LogP contribution is 2.33. The maximum absolute atomic E-state index is 13.1. The summed E-state index contributed by atoms with van der Waals surface area (Å²) in [7, 11) is 1.13. The molecule has 0 spiro atoms. The third kappa shape index (κ3) is 5.53. The lowest BCUT2D eigenvalue weighted by atomic mass is 9.84. The summed E-state index contributed by atoms with van der Waals surface area (Å²) >= 11 is 6.40. The molecular weight excluding hydrogens is 478 g/mol. The predicted octanol–water partition coefficient (Wildman–Crippen LogP) is 2.48. The van der Waals surface area contributed by atoms with Crippen LogP contribution in [0.4, 0.5) is 23.1 Å². The summed E-state index contributed by atoms with van der Waals surface area (Å²) in [5.74, 6) is 0.864. The van der Waals surface area contributed by atoms with Gasteiger partial charge in [0, 0.05) is 39.8 Å². The fourth-order valence-electron chi connectivity index (χ4n) is 4.56. The van der Waals surface area contributed by atoms with Gasteiger partial charge in [-0.3, -0.25) is 4.79 Å². The lowest BCUT2D eigenvalue weighted by Gasteiger charge is -2.32. The molecule has 2 aliphatic rings. The molecule has 12 heteroatoms. The molecule has 1 aromatic carbocycles. The van der Waals surface area contributed by atoms with Gasteiger partial charge in [-0.05, 0) is 30.9 Å². The van der Waals surface area contributed by atoms with Gasteiger partial charge in [0.25, 0.3) is 5.91 Å². The largest absolute Gasteiger partial charge is 0.372 e. The molecule has 0 saturated heterocycles. The zero-order chi connectivity index (χ0) is 24.2. The van der Waals surface area contributed by atoms with Gasteiger partial charge in [0.05, 0.1) is 23.1 Å². The summed E-state index contributed by atoms with van der Waals surface area (Å²) in [6, 6.07) is 5.70. The van der Waals surface area contributed by atoms with E-state index in [0.29, 0.717) is 41.1 Å². The molecule has 1 saturated carbocycles. The molecule has 3 N–H and O–H groups in total. The van der Waals surface area contributed by atoms with Gasteiger partial charge in [-0.2, -0.15) is 4.98 Å². The number of benzene rings is 1. The van der Waals surface area contributed by atoms with Crippen molar-refractivity contribution in [3.8, 4) is 0 Å². The summed E-state index contributed by atoms with van der Waals surface area (Å²) in [5.41, 5.74) is 2.04. The van der Waals surface area contributed by atoms with Crippen LogP contribution in [0.25, 0.3) is 0 Å². The second-order valence-electron chi connectivity index (χ2n) is 8.78. The Morgan fingerprint density at radius 2 is 1.91 bits per heavy atom. The number of rotatable bonds is 7. The number of hydrogen-bond donors (Lipinski definition) is 4. The fourth-order valence-corrected chi connectivity index (χ4v) is 5.09. The fraction of sp³-hybridized carbons (Fsp3) is 0.500. The zero-order valence-electron chi connectivity index (χ0n) is 19.3. The number of fused-ring (bicyclic) bond motifs is 1. The van der Waals surface area contributed by atoms with E-state index in [0.717, 1.165) is 37.9 Å². The van der Waals surface area contributed by atoms with Crippen LogP contribution < -0.4 is 20.3 Å². The molecule has 184 valence electrons. The molecule has 1 aliphatic carbocycles. The van der Waals surface area contributed by atoms with Crippen LogP contribution in [0.3, 0.4) is 0 Å². The van der Waals surface area contributed by atoms with E-state index in [9.17, 15) is 13.2 Å². The highest BCUT2D eigenvalue weighted by atomic mass is 35.5. The van der Waals surface area contributed by atoms with Gasteiger partial charge in [0.2, 0.25) is 16.8 Å². The standard InChI is InChI=1S/C22H30ClN7O3S/c1-29-10-11-30(2)21(31)19-17(8-5-9-18(19)29)27-22-24-13-15(23)20(28-22)26-16-7-4-3-6-14(16)12-25-34(32)33/h5,8-9,13-14,16,34H,3-4,6-7,10-12H2,1-2H3,(H,25,32,33)(H2,24,26,27,28)/t14-,16-/m1/s1. The number of likely N-dealkylation sites (N-methyl/N-ethyl adjacent to an activating group) is 2. The van der Waals surface area contributed by atoms with E-state index in [1.54, 1.807) is 11.9 Å². The monoisotopic (exact) mass is 507 g/mol. The Kier molecular flexibility index (Phi) is 7.74. The Morgan fingerprint density at radius 1 is 1.15 bits per heavy atom. The van der Waals surface area contributed by atoms with Crippen molar-refractivity contribution in [1.82, 2.24) is 19.6 Å². The van der Waals surface area contributed by atoms with Crippen molar-refractivity contribution in [1.29, 1.82) is 0 Å². The first-order valence-corrected chi connectivity index (χ1v) is 12.9. The summed E-state index contributed by atoms with van der Waals surface area (Å²) < 4.78 is 24.5. The van der Waals surface area contributed by atoms with Crippen molar-refractivity contribution in [2.45, 2.75) is 31.7 Å². The van der Waals surface area contributed by atoms with Gasteiger partial charge in [-0.15, -0.1) is 0 Å². The molecule has 0 unspecified atom stereocenters. The molecule has 2 aromatic rings. The quantitative estimate of drug-likeness (QED) is 0.422. The zero-order valence-corrected chi connectivity index (χ0v) is 20.9. The highest BCUT2D eigenvalue weighted by molar-refractivity contribution is 7.70. The van der Waals surface area contributed by atoms with E-state index in [-0.39, 0.29) is 17.9 Å². The molecule has 1 amide bonds. The summed E-state index contributed by atoms with van der Waals surface area (Å²) in [5, 5.41) is 6.98. The highest BCUT2D eigenvalue weighted by Gasteiger charge is 2.27. The lowest BCUT2D eigenvalue weighted by Crippen LogP contribution is -2.38. The molecule has 1 aliphatic heterocycles. The Balaban J connectivity index is 1.58. The topological polar surface area (TPSA) is 120 Å². The van der Waals surface area contributed by atoms with Crippen molar-refractivity contribution >= 4 is 51.5 Å². The molecule has 10 nitrogen and oxygen atoms in total. The average molecular weight is 508 g/mol. The smallest absolute Gasteiger partial charge is 0.257 e. The van der Waals surface area contributed by atoms with Gasteiger partial charge in [-0.25, -0.2) is 18.1 Å². The summed E-state index contributed by atoms with van der Waals surface area (Å²) in [4.78, 5) is 25.7. The number of halogens is 1. The third-order valence-corrected chi connectivity index (χ3v) is 7.21. The van der Waals surface area contributed by atoms with Crippen LogP contribution in [0.1, 0.15) is 36.0 Å². The van der Waals surface area contributed by atoms with E-state index in [1.807, 2.05) is 25.2 Å². The van der Waals surface area contributed by atoms with Crippen LogP contribution in [0.2, 0.25) is 5.02 Å². The van der Waals surface area contributed by atoms with E-state index in [2.05, 4.69) is 30.2 Å². The molecule has 2 heterocycles. The van der Waals surface area contributed by atoms with E-state index >= 15 is 0 Å². The number of anilines is 4. The summed E-state index contributed by atoms with van der Waals surface area (Å²) in [6.45, 7) is 1.75. The molecule has 1 fully saturated rings. The van der Waals surface area contributed by atoms with Gasteiger partial charge >= 0.3 is 0 Å². The number of hydrogen-bond acceptors (Lipinski definition) is 8. The minimum Gasteiger partial charge on any atom is -0.372 e.